The van der Waals surface area contributed by atoms with E-state index in [2.05, 4.69) is 5.32 Å². The number of hydrogen-bond acceptors (Lipinski definition) is 6. The second kappa shape index (κ2) is 8.67. The third-order valence-corrected chi connectivity index (χ3v) is 4.00. The van der Waals surface area contributed by atoms with Gasteiger partial charge in [-0.1, -0.05) is 30.3 Å². The summed E-state index contributed by atoms with van der Waals surface area (Å²) < 4.78 is 10.5. The van der Waals surface area contributed by atoms with Gasteiger partial charge in [0, 0.05) is 11.4 Å². The van der Waals surface area contributed by atoms with E-state index in [1.54, 1.807) is 27.7 Å². The minimum atomic E-state index is -0.602. The predicted octanol–water partition coefficient (Wildman–Crippen LogP) is 2.41. The van der Waals surface area contributed by atoms with Crippen LogP contribution in [0.2, 0.25) is 0 Å². The van der Waals surface area contributed by atoms with Gasteiger partial charge in [-0.3, -0.25) is 0 Å². The summed E-state index contributed by atoms with van der Waals surface area (Å²) in [5.74, 6) is -1.64. The van der Waals surface area contributed by atoms with Crippen LogP contribution in [-0.4, -0.2) is 36.4 Å². The van der Waals surface area contributed by atoms with Crippen LogP contribution in [0.5, 0.6) is 0 Å². The predicted molar refractivity (Wildman–Crippen MR) is 97.0 cm³/mol. The number of benzene rings is 1. The molecule has 26 heavy (non-hydrogen) atoms. The molecule has 1 aliphatic heterocycles. The molecular weight excluding hydrogens is 334 g/mol. The maximum Gasteiger partial charge on any atom is 0.337 e. The molecule has 0 saturated carbocycles. The van der Waals surface area contributed by atoms with E-state index in [-0.39, 0.29) is 19.3 Å². The molecule has 1 atom stereocenters. The number of carbonyl (C=O) groups is 2. The van der Waals surface area contributed by atoms with Gasteiger partial charge >= 0.3 is 11.9 Å². The molecule has 0 amide bonds. The second-order valence-corrected chi connectivity index (χ2v) is 6.36. The summed E-state index contributed by atoms with van der Waals surface area (Å²) in [6.07, 6.45) is -0.281. The van der Waals surface area contributed by atoms with E-state index in [4.69, 9.17) is 14.6 Å². The number of hydrogen-bond donors (Lipinski definition) is 2. The average molecular weight is 359 g/mol. The number of ether oxygens (including phenoxy) is 2. The summed E-state index contributed by atoms with van der Waals surface area (Å²) in [4.78, 5) is 25.4. The smallest absolute Gasteiger partial charge is 0.337 e. The molecule has 1 aliphatic rings. The van der Waals surface area contributed by atoms with E-state index >= 15 is 0 Å². The Morgan fingerprint density at radius 2 is 1.65 bits per heavy atom. The number of allylic oxidation sites excluding steroid dienone is 2. The van der Waals surface area contributed by atoms with Gasteiger partial charge < -0.3 is 19.9 Å². The van der Waals surface area contributed by atoms with Crippen molar-refractivity contribution in [1.82, 2.24) is 5.32 Å². The Morgan fingerprint density at radius 1 is 1.08 bits per heavy atom. The third-order valence-electron chi connectivity index (χ3n) is 4.00. The van der Waals surface area contributed by atoms with E-state index in [1.807, 2.05) is 30.3 Å². The highest BCUT2D eigenvalue weighted by Crippen LogP contribution is 2.39. The van der Waals surface area contributed by atoms with Crippen LogP contribution in [0.3, 0.4) is 0 Å². The van der Waals surface area contributed by atoms with Crippen molar-refractivity contribution in [3.63, 3.8) is 0 Å². The second-order valence-electron chi connectivity index (χ2n) is 6.36. The fourth-order valence-electron chi connectivity index (χ4n) is 3.01. The van der Waals surface area contributed by atoms with Crippen LogP contribution in [0.25, 0.3) is 0 Å². The lowest BCUT2D eigenvalue weighted by Gasteiger charge is -2.30. The number of dihydropyridines is 1. The number of carbonyl (C=O) groups excluding carboxylic acids is 2. The van der Waals surface area contributed by atoms with Crippen molar-refractivity contribution in [2.45, 2.75) is 39.7 Å². The number of rotatable bonds is 6. The van der Waals surface area contributed by atoms with Crippen molar-refractivity contribution in [3.8, 4) is 0 Å². The molecule has 0 aliphatic carbocycles. The number of aliphatic hydroxyl groups is 1. The highest BCUT2D eigenvalue weighted by atomic mass is 16.5. The van der Waals surface area contributed by atoms with Crippen LogP contribution in [0.4, 0.5) is 0 Å². The highest BCUT2D eigenvalue weighted by molar-refractivity contribution is 5.99. The monoisotopic (exact) mass is 359 g/mol. The van der Waals surface area contributed by atoms with Crippen molar-refractivity contribution < 1.29 is 24.2 Å². The number of esters is 2. The fourth-order valence-corrected chi connectivity index (χ4v) is 3.01. The van der Waals surface area contributed by atoms with Crippen LogP contribution in [0.1, 0.15) is 39.2 Å². The highest BCUT2D eigenvalue weighted by Gasteiger charge is 2.38. The number of nitrogens with one attached hydrogen (secondary N) is 1. The Labute approximate surface area is 153 Å². The van der Waals surface area contributed by atoms with Gasteiger partial charge in [0.25, 0.3) is 0 Å². The van der Waals surface area contributed by atoms with Crippen molar-refractivity contribution in [2.24, 2.45) is 0 Å². The van der Waals surface area contributed by atoms with Crippen LogP contribution in [-0.2, 0) is 19.1 Å². The first-order valence-corrected chi connectivity index (χ1v) is 8.59. The molecule has 2 rings (SSSR count). The van der Waals surface area contributed by atoms with Crippen molar-refractivity contribution in [1.29, 1.82) is 0 Å². The largest absolute Gasteiger partial charge is 0.460 e. The zero-order valence-electron chi connectivity index (χ0n) is 15.5. The maximum absolute atomic E-state index is 12.8. The topological polar surface area (TPSA) is 84.9 Å². The van der Waals surface area contributed by atoms with Gasteiger partial charge in [-0.25, -0.2) is 9.59 Å². The summed E-state index contributed by atoms with van der Waals surface area (Å²) in [5, 5.41) is 12.0. The van der Waals surface area contributed by atoms with Gasteiger partial charge in [-0.15, -0.1) is 0 Å². The average Bonchev–Trinajstić information content (AvgIpc) is 2.59. The minimum Gasteiger partial charge on any atom is -0.460 e. The van der Waals surface area contributed by atoms with Gasteiger partial charge in [0.2, 0.25) is 0 Å². The minimum absolute atomic E-state index is 0.106. The van der Waals surface area contributed by atoms with Gasteiger partial charge in [0.05, 0.1) is 29.8 Å². The summed E-state index contributed by atoms with van der Waals surface area (Å²) >= 11 is 0. The third kappa shape index (κ3) is 4.32. The quantitative estimate of drug-likeness (QED) is 0.759. The van der Waals surface area contributed by atoms with Crippen LogP contribution in [0, 0.1) is 0 Å². The zero-order chi connectivity index (χ0) is 19.3. The molecule has 6 nitrogen and oxygen atoms in total. The summed E-state index contributed by atoms with van der Waals surface area (Å²) in [6.45, 7) is 6.73. The standard InChI is InChI=1S/C20H25NO5/c1-12(2)26-20(24)17-14(4)21-13(3)16(19(23)25-11-10-22)18(17)15-8-6-5-7-9-15/h5-9,12,18,21-22H,10-11H2,1-4H3. The van der Waals surface area contributed by atoms with Crippen LogP contribution >= 0.6 is 0 Å². The lowest BCUT2D eigenvalue weighted by Crippen LogP contribution is -2.33. The molecule has 0 radical (unpaired) electrons. The van der Waals surface area contributed by atoms with E-state index in [9.17, 15) is 9.59 Å². The fraction of sp³-hybridized carbons (Fsp3) is 0.400. The zero-order valence-corrected chi connectivity index (χ0v) is 15.5. The summed E-state index contributed by atoms with van der Waals surface area (Å²) in [5.41, 5.74) is 2.76. The SMILES string of the molecule is CC1=C(C(=O)OCCO)C(c2ccccc2)C(C(=O)OC(C)C)=C(C)N1. The molecule has 2 N–H and O–H groups in total. The first-order valence-electron chi connectivity index (χ1n) is 8.59. The molecule has 1 unspecified atom stereocenters. The first kappa shape index (κ1) is 19.7. The Kier molecular flexibility index (Phi) is 6.58. The lowest BCUT2D eigenvalue weighted by atomic mass is 9.80. The Balaban J connectivity index is 2.54. The van der Waals surface area contributed by atoms with Crippen molar-refractivity contribution in [3.05, 3.63) is 58.4 Å². The Morgan fingerprint density at radius 3 is 2.19 bits per heavy atom. The summed E-state index contributed by atoms with van der Waals surface area (Å²) in [7, 11) is 0. The molecular formula is C20H25NO5. The molecule has 6 heteroatoms. The van der Waals surface area contributed by atoms with Crippen molar-refractivity contribution in [2.75, 3.05) is 13.2 Å². The molecule has 0 saturated heterocycles. The molecule has 0 bridgehead atoms. The molecule has 1 heterocycles. The molecule has 140 valence electrons. The molecule has 1 aromatic rings. The van der Waals surface area contributed by atoms with Crippen molar-refractivity contribution >= 4 is 11.9 Å². The normalized spacial score (nSPS) is 17.2. The Hall–Kier alpha value is -2.60. The molecule has 0 spiro atoms. The van der Waals surface area contributed by atoms with E-state index in [0.717, 1.165) is 5.56 Å². The molecule has 0 aromatic heterocycles. The van der Waals surface area contributed by atoms with E-state index in [1.165, 1.54) is 0 Å². The van der Waals surface area contributed by atoms with Gasteiger partial charge in [0.15, 0.2) is 0 Å². The Bertz CT molecular complexity index is 734. The van der Waals surface area contributed by atoms with E-state index < -0.39 is 17.9 Å². The lowest BCUT2D eigenvalue weighted by molar-refractivity contribution is -0.143. The van der Waals surface area contributed by atoms with Gasteiger partial charge in [-0.2, -0.15) is 0 Å². The van der Waals surface area contributed by atoms with Crippen LogP contribution in [0.15, 0.2) is 52.9 Å². The molecule has 0 fully saturated rings. The van der Waals surface area contributed by atoms with Gasteiger partial charge in [-0.05, 0) is 33.3 Å². The molecule has 1 aromatic carbocycles. The van der Waals surface area contributed by atoms with Gasteiger partial charge in [0.1, 0.15) is 6.61 Å². The number of aliphatic hydroxyl groups excluding tert-OH is 1. The summed E-state index contributed by atoms with van der Waals surface area (Å²) in [6, 6.07) is 9.29. The van der Waals surface area contributed by atoms with Crippen LogP contribution < -0.4 is 5.32 Å². The first-order chi connectivity index (χ1) is 12.4. The van der Waals surface area contributed by atoms with E-state index in [0.29, 0.717) is 22.5 Å². The maximum atomic E-state index is 12.8.